The Kier molecular flexibility index (Phi) is 8.99. The Balaban J connectivity index is 2.27. The molecule has 4 nitrogen and oxygen atoms in total. The van der Waals surface area contributed by atoms with Gasteiger partial charge in [0.1, 0.15) is 6.04 Å². The van der Waals surface area contributed by atoms with Crippen molar-refractivity contribution in [3.8, 4) is 0 Å². The van der Waals surface area contributed by atoms with Crippen LogP contribution in [0.5, 0.6) is 0 Å². The first-order chi connectivity index (χ1) is 13.8. The Labute approximate surface area is 183 Å². The summed E-state index contributed by atoms with van der Waals surface area (Å²) in [7, 11) is 0. The number of hydrogen-bond donors (Lipinski definition) is 1. The van der Waals surface area contributed by atoms with Crippen molar-refractivity contribution in [2.75, 3.05) is 0 Å². The van der Waals surface area contributed by atoms with Crippen LogP contribution in [0.1, 0.15) is 44.7 Å². The second kappa shape index (κ2) is 11.2. The van der Waals surface area contributed by atoms with Crippen LogP contribution in [-0.2, 0) is 22.6 Å². The third kappa shape index (κ3) is 6.76. The molecule has 0 aliphatic carbocycles. The van der Waals surface area contributed by atoms with Crippen LogP contribution in [0.2, 0.25) is 10.0 Å². The highest BCUT2D eigenvalue weighted by atomic mass is 35.5. The van der Waals surface area contributed by atoms with E-state index in [9.17, 15) is 9.59 Å². The van der Waals surface area contributed by atoms with Gasteiger partial charge in [0.15, 0.2) is 0 Å². The van der Waals surface area contributed by atoms with Crippen molar-refractivity contribution in [1.29, 1.82) is 0 Å². The van der Waals surface area contributed by atoms with Crippen LogP contribution < -0.4 is 5.32 Å². The third-order valence-electron chi connectivity index (χ3n) is 4.68. The molecule has 0 unspecified atom stereocenters. The van der Waals surface area contributed by atoms with Crippen LogP contribution in [0, 0.1) is 0 Å². The highest BCUT2D eigenvalue weighted by Crippen LogP contribution is 2.27. The van der Waals surface area contributed by atoms with E-state index in [-0.39, 0.29) is 24.4 Å². The molecule has 2 rings (SSSR count). The van der Waals surface area contributed by atoms with Crippen molar-refractivity contribution in [1.82, 2.24) is 10.2 Å². The first kappa shape index (κ1) is 23.2. The fourth-order valence-electron chi connectivity index (χ4n) is 3.19. The molecule has 156 valence electrons. The summed E-state index contributed by atoms with van der Waals surface area (Å²) in [4.78, 5) is 27.6. The van der Waals surface area contributed by atoms with Crippen molar-refractivity contribution in [3.05, 3.63) is 69.7 Å². The van der Waals surface area contributed by atoms with Crippen LogP contribution >= 0.6 is 23.2 Å². The number of hydrogen-bond acceptors (Lipinski definition) is 2. The molecule has 0 aliphatic rings. The SMILES string of the molecule is CC[C@H](C(=O)NC(C)C)N(Cc1c(Cl)cccc1Cl)C(=O)CCc1ccccc1. The Hall–Kier alpha value is -2.04. The average Bonchev–Trinajstić information content (AvgIpc) is 2.68. The molecule has 2 amide bonds. The summed E-state index contributed by atoms with van der Waals surface area (Å²) < 4.78 is 0. The molecule has 0 fully saturated rings. The van der Waals surface area contributed by atoms with Crippen LogP contribution in [0.25, 0.3) is 0 Å². The lowest BCUT2D eigenvalue weighted by atomic mass is 10.1. The zero-order valence-corrected chi connectivity index (χ0v) is 18.6. The topological polar surface area (TPSA) is 49.4 Å². The maximum atomic E-state index is 13.2. The van der Waals surface area contributed by atoms with Gasteiger partial charge >= 0.3 is 0 Å². The molecule has 0 heterocycles. The monoisotopic (exact) mass is 434 g/mol. The molecule has 1 atom stereocenters. The van der Waals surface area contributed by atoms with Crippen LogP contribution in [0.4, 0.5) is 0 Å². The van der Waals surface area contributed by atoms with Crippen LogP contribution in [0.15, 0.2) is 48.5 Å². The number of carbonyl (C=O) groups is 2. The van der Waals surface area contributed by atoms with Gasteiger partial charge in [0.25, 0.3) is 0 Å². The van der Waals surface area contributed by atoms with Gasteiger partial charge in [-0.25, -0.2) is 0 Å². The van der Waals surface area contributed by atoms with Gasteiger partial charge in [-0.1, -0.05) is 66.5 Å². The summed E-state index contributed by atoms with van der Waals surface area (Å²) in [6, 6.07) is 14.5. The smallest absolute Gasteiger partial charge is 0.243 e. The third-order valence-corrected chi connectivity index (χ3v) is 5.39. The van der Waals surface area contributed by atoms with Crippen molar-refractivity contribution < 1.29 is 9.59 Å². The minimum Gasteiger partial charge on any atom is -0.352 e. The summed E-state index contributed by atoms with van der Waals surface area (Å²) in [5.41, 5.74) is 1.73. The summed E-state index contributed by atoms with van der Waals surface area (Å²) in [5.74, 6) is -0.269. The summed E-state index contributed by atoms with van der Waals surface area (Å²) in [5, 5.41) is 3.89. The first-order valence-electron chi connectivity index (χ1n) is 9.90. The van der Waals surface area contributed by atoms with E-state index in [1.165, 1.54) is 0 Å². The van der Waals surface area contributed by atoms with E-state index in [4.69, 9.17) is 23.2 Å². The molecule has 0 bridgehead atoms. The van der Waals surface area contributed by atoms with Crippen molar-refractivity contribution in [2.45, 2.75) is 58.7 Å². The number of amides is 2. The van der Waals surface area contributed by atoms with Crippen LogP contribution in [-0.4, -0.2) is 28.8 Å². The standard InChI is InChI=1S/C23H28Cl2N2O2/c1-4-21(23(29)26-16(2)3)27(15-18-19(24)11-8-12-20(18)25)22(28)14-13-17-9-6-5-7-10-17/h5-12,16,21H,4,13-15H2,1-3H3,(H,26,29)/t21-/m1/s1. The van der Waals surface area contributed by atoms with Gasteiger partial charge in [-0.05, 0) is 44.4 Å². The Morgan fingerprint density at radius 3 is 2.17 bits per heavy atom. The molecule has 0 aromatic heterocycles. The molecule has 6 heteroatoms. The van der Waals surface area contributed by atoms with Gasteiger partial charge in [0, 0.05) is 34.6 Å². The number of benzene rings is 2. The molecule has 1 N–H and O–H groups in total. The molecule has 2 aromatic rings. The predicted octanol–water partition coefficient (Wildman–Crippen LogP) is 5.26. The molecule has 0 saturated heterocycles. The number of aryl methyl sites for hydroxylation is 1. The quantitative estimate of drug-likeness (QED) is 0.584. The number of carbonyl (C=O) groups excluding carboxylic acids is 2. The average molecular weight is 435 g/mol. The number of rotatable bonds is 9. The van der Waals surface area contributed by atoms with Gasteiger partial charge in [0.05, 0.1) is 0 Å². The lowest BCUT2D eigenvalue weighted by Crippen LogP contribution is -2.50. The number of nitrogens with one attached hydrogen (secondary N) is 1. The molecular formula is C23H28Cl2N2O2. The summed E-state index contributed by atoms with van der Waals surface area (Å²) >= 11 is 12.7. The summed E-state index contributed by atoms with van der Waals surface area (Å²) in [6.07, 6.45) is 1.41. The maximum absolute atomic E-state index is 13.2. The molecular weight excluding hydrogens is 407 g/mol. The van der Waals surface area contributed by atoms with Gasteiger partial charge in [-0.15, -0.1) is 0 Å². The maximum Gasteiger partial charge on any atom is 0.243 e. The summed E-state index contributed by atoms with van der Waals surface area (Å²) in [6.45, 7) is 5.89. The Morgan fingerprint density at radius 2 is 1.62 bits per heavy atom. The van der Waals surface area contributed by atoms with Crippen molar-refractivity contribution in [2.24, 2.45) is 0 Å². The predicted molar refractivity (Wildman–Crippen MR) is 119 cm³/mol. The zero-order valence-electron chi connectivity index (χ0n) is 17.1. The van der Waals surface area contributed by atoms with Gasteiger partial charge in [0.2, 0.25) is 11.8 Å². The van der Waals surface area contributed by atoms with E-state index in [1.54, 1.807) is 23.1 Å². The van der Waals surface area contributed by atoms with E-state index >= 15 is 0 Å². The fraction of sp³-hybridized carbons (Fsp3) is 0.391. The van der Waals surface area contributed by atoms with E-state index in [0.717, 1.165) is 5.56 Å². The Morgan fingerprint density at radius 1 is 1.00 bits per heavy atom. The van der Waals surface area contributed by atoms with E-state index < -0.39 is 6.04 Å². The normalized spacial score (nSPS) is 11.9. The molecule has 2 aromatic carbocycles. The molecule has 0 spiro atoms. The lowest BCUT2D eigenvalue weighted by molar-refractivity contribution is -0.141. The zero-order chi connectivity index (χ0) is 21.4. The molecule has 29 heavy (non-hydrogen) atoms. The lowest BCUT2D eigenvalue weighted by Gasteiger charge is -2.31. The second-order valence-corrected chi connectivity index (χ2v) is 8.11. The van der Waals surface area contributed by atoms with Gasteiger partial charge in [-0.2, -0.15) is 0 Å². The molecule has 0 saturated carbocycles. The highest BCUT2D eigenvalue weighted by Gasteiger charge is 2.29. The molecule has 0 aliphatic heterocycles. The second-order valence-electron chi connectivity index (χ2n) is 7.29. The van der Waals surface area contributed by atoms with E-state index in [0.29, 0.717) is 34.9 Å². The van der Waals surface area contributed by atoms with E-state index in [2.05, 4.69) is 5.32 Å². The fourth-order valence-corrected chi connectivity index (χ4v) is 3.71. The van der Waals surface area contributed by atoms with Gasteiger partial charge < -0.3 is 10.2 Å². The van der Waals surface area contributed by atoms with E-state index in [1.807, 2.05) is 51.1 Å². The van der Waals surface area contributed by atoms with Crippen LogP contribution in [0.3, 0.4) is 0 Å². The van der Waals surface area contributed by atoms with Gasteiger partial charge in [-0.3, -0.25) is 9.59 Å². The molecule has 0 radical (unpaired) electrons. The van der Waals surface area contributed by atoms with Crippen molar-refractivity contribution >= 4 is 35.0 Å². The minimum absolute atomic E-state index is 0.0123. The number of nitrogens with zero attached hydrogens (tertiary/aromatic N) is 1. The Bertz CT molecular complexity index is 805. The van der Waals surface area contributed by atoms with Crippen molar-refractivity contribution in [3.63, 3.8) is 0 Å². The highest BCUT2D eigenvalue weighted by molar-refractivity contribution is 6.36. The first-order valence-corrected chi connectivity index (χ1v) is 10.7. The minimum atomic E-state index is -0.590. The number of halogens is 2. The largest absolute Gasteiger partial charge is 0.352 e.